The second-order valence-electron chi connectivity index (χ2n) is 4.12. The van der Waals surface area contributed by atoms with E-state index < -0.39 is 16.0 Å². The van der Waals surface area contributed by atoms with Crippen LogP contribution in [0.3, 0.4) is 0 Å². The van der Waals surface area contributed by atoms with Crippen molar-refractivity contribution < 1.29 is 18.3 Å². The molecule has 20 heavy (non-hydrogen) atoms. The van der Waals surface area contributed by atoms with E-state index in [1.807, 2.05) is 6.92 Å². The van der Waals surface area contributed by atoms with Gasteiger partial charge in [0.2, 0.25) is 10.0 Å². The minimum Gasteiger partial charge on any atom is -0.477 e. The molecule has 0 bridgehead atoms. The third-order valence-electron chi connectivity index (χ3n) is 2.90. The average molecular weight is 315 g/mol. The first-order chi connectivity index (χ1) is 9.33. The van der Waals surface area contributed by atoms with Crippen LogP contribution in [0.15, 0.2) is 22.5 Å². The first kappa shape index (κ1) is 14.7. The predicted octanol–water partition coefficient (Wildman–Crippen LogP) is 0.967. The van der Waals surface area contributed by atoms with Crippen LogP contribution in [0.25, 0.3) is 0 Å². The first-order valence-electron chi connectivity index (χ1n) is 5.61. The van der Waals surface area contributed by atoms with E-state index in [9.17, 15) is 13.2 Å². The lowest BCUT2D eigenvalue weighted by Gasteiger charge is -2.06. The number of carbonyl (C=O) groups is 1. The van der Waals surface area contributed by atoms with Gasteiger partial charge in [0.25, 0.3) is 0 Å². The molecule has 0 spiro atoms. The molecule has 0 aliphatic heterocycles. The van der Waals surface area contributed by atoms with Crippen LogP contribution in [0.2, 0.25) is 0 Å². The summed E-state index contributed by atoms with van der Waals surface area (Å²) in [5, 5.41) is 14.4. The number of aromatic nitrogens is 2. The Labute approximate surface area is 119 Å². The zero-order chi connectivity index (χ0) is 14.9. The molecule has 2 N–H and O–H groups in total. The SMILES string of the molecule is Cc1c(CNS(=O)(=O)c2ccsc2C(=O)O)cnn1C. The number of hydrogen-bond acceptors (Lipinski definition) is 5. The lowest BCUT2D eigenvalue weighted by atomic mass is 10.3. The molecule has 108 valence electrons. The summed E-state index contributed by atoms with van der Waals surface area (Å²) in [6.07, 6.45) is 1.57. The maximum Gasteiger partial charge on any atom is 0.347 e. The van der Waals surface area contributed by atoms with Gasteiger partial charge in [-0.25, -0.2) is 17.9 Å². The lowest BCUT2D eigenvalue weighted by Crippen LogP contribution is -2.24. The van der Waals surface area contributed by atoms with Crippen molar-refractivity contribution >= 4 is 27.3 Å². The van der Waals surface area contributed by atoms with E-state index in [0.717, 1.165) is 22.6 Å². The van der Waals surface area contributed by atoms with E-state index in [1.54, 1.807) is 17.9 Å². The minimum absolute atomic E-state index is 0.0664. The first-order valence-corrected chi connectivity index (χ1v) is 7.97. The van der Waals surface area contributed by atoms with Crippen molar-refractivity contribution in [1.82, 2.24) is 14.5 Å². The fourth-order valence-electron chi connectivity index (χ4n) is 1.63. The van der Waals surface area contributed by atoms with Gasteiger partial charge in [-0.15, -0.1) is 11.3 Å². The summed E-state index contributed by atoms with van der Waals surface area (Å²) in [6, 6.07) is 1.28. The molecule has 0 saturated heterocycles. The van der Waals surface area contributed by atoms with Crippen molar-refractivity contribution in [2.24, 2.45) is 7.05 Å². The van der Waals surface area contributed by atoms with Gasteiger partial charge in [0.05, 0.1) is 6.20 Å². The van der Waals surface area contributed by atoms with Crippen LogP contribution in [-0.4, -0.2) is 29.3 Å². The third kappa shape index (κ3) is 2.74. The summed E-state index contributed by atoms with van der Waals surface area (Å²) in [6.45, 7) is 1.89. The number of aryl methyl sites for hydroxylation is 1. The number of carboxylic acids is 1. The van der Waals surface area contributed by atoms with Gasteiger partial charge >= 0.3 is 5.97 Å². The number of thiophene rings is 1. The summed E-state index contributed by atoms with van der Waals surface area (Å²) in [5.74, 6) is -1.25. The second kappa shape index (κ2) is 5.35. The highest BCUT2D eigenvalue weighted by molar-refractivity contribution is 7.89. The van der Waals surface area contributed by atoms with Gasteiger partial charge < -0.3 is 5.11 Å². The van der Waals surface area contributed by atoms with Gasteiger partial charge in [0, 0.05) is 24.8 Å². The second-order valence-corrected chi connectivity index (χ2v) is 6.77. The van der Waals surface area contributed by atoms with Crippen LogP contribution in [0, 0.1) is 6.92 Å². The fraction of sp³-hybridized carbons (Fsp3) is 0.273. The molecule has 0 atom stereocenters. The molecule has 7 nitrogen and oxygen atoms in total. The summed E-state index contributed by atoms with van der Waals surface area (Å²) in [4.78, 5) is 10.6. The smallest absolute Gasteiger partial charge is 0.347 e. The van der Waals surface area contributed by atoms with Crippen LogP contribution < -0.4 is 4.72 Å². The summed E-state index contributed by atoms with van der Waals surface area (Å²) in [7, 11) is -2.10. The number of hydrogen-bond donors (Lipinski definition) is 2. The van der Waals surface area contributed by atoms with Gasteiger partial charge in [-0.1, -0.05) is 0 Å². The average Bonchev–Trinajstić information content (AvgIpc) is 2.97. The van der Waals surface area contributed by atoms with Gasteiger partial charge in [0.15, 0.2) is 0 Å². The van der Waals surface area contributed by atoms with Crippen molar-refractivity contribution in [2.45, 2.75) is 18.4 Å². The molecule has 2 aromatic rings. The number of rotatable bonds is 5. The molecule has 0 unspecified atom stereocenters. The van der Waals surface area contributed by atoms with E-state index >= 15 is 0 Å². The molecule has 0 fully saturated rings. The molecule has 2 rings (SSSR count). The van der Waals surface area contributed by atoms with E-state index in [1.165, 1.54) is 11.4 Å². The van der Waals surface area contributed by atoms with Crippen LogP contribution in [-0.2, 0) is 23.6 Å². The zero-order valence-electron chi connectivity index (χ0n) is 10.8. The molecule has 0 aliphatic carbocycles. The van der Waals surface area contributed by atoms with Crippen LogP contribution >= 0.6 is 11.3 Å². The van der Waals surface area contributed by atoms with Crippen molar-refractivity contribution in [3.63, 3.8) is 0 Å². The third-order valence-corrected chi connectivity index (χ3v) is 5.38. The number of nitrogens with one attached hydrogen (secondary N) is 1. The number of aromatic carboxylic acids is 1. The van der Waals surface area contributed by atoms with Gasteiger partial charge in [0.1, 0.15) is 9.77 Å². The molecule has 0 saturated carbocycles. The zero-order valence-corrected chi connectivity index (χ0v) is 12.5. The van der Waals surface area contributed by atoms with Crippen LogP contribution in [0.5, 0.6) is 0 Å². The van der Waals surface area contributed by atoms with Gasteiger partial charge in [-0.05, 0) is 18.4 Å². The van der Waals surface area contributed by atoms with Crippen LogP contribution in [0.1, 0.15) is 20.9 Å². The summed E-state index contributed by atoms with van der Waals surface area (Å²) in [5.41, 5.74) is 1.58. The normalized spacial score (nSPS) is 11.7. The highest BCUT2D eigenvalue weighted by Gasteiger charge is 2.23. The van der Waals surface area contributed by atoms with E-state index in [0.29, 0.717) is 0 Å². The highest BCUT2D eigenvalue weighted by atomic mass is 32.2. The van der Waals surface area contributed by atoms with E-state index in [-0.39, 0.29) is 16.3 Å². The summed E-state index contributed by atoms with van der Waals surface area (Å²) >= 11 is 0.878. The molecule has 0 aliphatic rings. The molecule has 0 aromatic carbocycles. The number of carboxylic acid groups (broad SMARTS) is 1. The Morgan fingerprint density at radius 3 is 2.80 bits per heavy atom. The van der Waals surface area contributed by atoms with Gasteiger partial charge in [-0.2, -0.15) is 5.10 Å². The fourth-order valence-corrected chi connectivity index (χ4v) is 3.90. The molecule has 0 amide bonds. The topological polar surface area (TPSA) is 101 Å². The monoisotopic (exact) mass is 315 g/mol. The quantitative estimate of drug-likeness (QED) is 0.856. The molecule has 2 aromatic heterocycles. The van der Waals surface area contributed by atoms with Crippen LogP contribution in [0.4, 0.5) is 0 Å². The van der Waals surface area contributed by atoms with E-state index in [2.05, 4.69) is 9.82 Å². The Bertz CT molecular complexity index is 746. The summed E-state index contributed by atoms with van der Waals surface area (Å²) < 4.78 is 28.3. The Balaban J connectivity index is 2.22. The van der Waals surface area contributed by atoms with Crippen molar-refractivity contribution in [2.75, 3.05) is 0 Å². The Hall–Kier alpha value is -1.71. The standard InChI is InChI=1S/C11H13N3O4S2/c1-7-8(5-12-14(7)2)6-13-20(17,18)9-3-4-19-10(9)11(15)16/h3-5,13H,6H2,1-2H3,(H,15,16). The van der Waals surface area contributed by atoms with Gasteiger partial charge in [-0.3, -0.25) is 4.68 Å². The van der Waals surface area contributed by atoms with E-state index in [4.69, 9.17) is 5.11 Å². The Morgan fingerprint density at radius 2 is 2.25 bits per heavy atom. The number of nitrogens with zero attached hydrogens (tertiary/aromatic N) is 2. The minimum atomic E-state index is -3.86. The van der Waals surface area contributed by atoms with Crippen molar-refractivity contribution in [1.29, 1.82) is 0 Å². The maximum absolute atomic E-state index is 12.1. The number of sulfonamides is 1. The molecule has 0 radical (unpaired) electrons. The molecule has 9 heteroatoms. The Kier molecular flexibility index (Phi) is 3.93. The molecular weight excluding hydrogens is 302 g/mol. The van der Waals surface area contributed by atoms with Crippen molar-refractivity contribution in [3.8, 4) is 0 Å². The largest absolute Gasteiger partial charge is 0.477 e. The molecular formula is C11H13N3O4S2. The van der Waals surface area contributed by atoms with Crippen molar-refractivity contribution in [3.05, 3.63) is 33.8 Å². The Morgan fingerprint density at radius 1 is 1.55 bits per heavy atom. The highest BCUT2D eigenvalue weighted by Crippen LogP contribution is 2.22. The molecule has 2 heterocycles. The predicted molar refractivity (Wildman–Crippen MR) is 73.2 cm³/mol. The maximum atomic E-state index is 12.1. The lowest BCUT2D eigenvalue weighted by molar-refractivity contribution is 0.0698.